The van der Waals surface area contributed by atoms with E-state index in [1.165, 1.54) is 0 Å². The molecule has 0 bridgehead atoms. The molecule has 0 fully saturated rings. The van der Waals surface area contributed by atoms with Crippen molar-refractivity contribution >= 4 is 10.8 Å². The summed E-state index contributed by atoms with van der Waals surface area (Å²) in [6.45, 7) is 3.08. The molecule has 0 saturated carbocycles. The Morgan fingerprint density at radius 2 is 2.05 bits per heavy atom. The van der Waals surface area contributed by atoms with Gasteiger partial charge in [-0.2, -0.15) is 0 Å². The summed E-state index contributed by atoms with van der Waals surface area (Å²) in [5, 5.41) is 11.2. The summed E-state index contributed by atoms with van der Waals surface area (Å²) in [6.07, 6.45) is 1.70. The molecule has 1 aromatic heterocycles. The van der Waals surface area contributed by atoms with Crippen LogP contribution in [0.1, 0.15) is 12.8 Å². The topological polar surface area (TPSA) is 68.0 Å². The number of nitrogens with one attached hydrogen (secondary N) is 1. The highest BCUT2D eigenvalue weighted by molar-refractivity contribution is 7.84. The van der Waals surface area contributed by atoms with Gasteiger partial charge < -0.3 is 9.73 Å². The minimum absolute atomic E-state index is 0.108. The Hall–Kier alpha value is -1.53. The van der Waals surface area contributed by atoms with E-state index >= 15 is 0 Å². The molecule has 19 heavy (non-hydrogen) atoms. The summed E-state index contributed by atoms with van der Waals surface area (Å²) in [5.74, 6) is 1.05. The maximum Gasteiger partial charge on any atom is 0.247 e. The number of aromatic nitrogens is 2. The smallest absolute Gasteiger partial charge is 0.247 e. The van der Waals surface area contributed by atoms with Crippen molar-refractivity contribution in [3.63, 3.8) is 0 Å². The number of benzene rings is 1. The van der Waals surface area contributed by atoms with E-state index in [0.717, 1.165) is 5.56 Å². The SMILES string of the molecule is CC(CNCc1nnc(-c2ccccc2)o1)S(C)=O. The highest BCUT2D eigenvalue weighted by Crippen LogP contribution is 2.16. The van der Waals surface area contributed by atoms with E-state index in [-0.39, 0.29) is 5.25 Å². The van der Waals surface area contributed by atoms with Crippen LogP contribution in [0.25, 0.3) is 11.5 Å². The third kappa shape index (κ3) is 3.97. The molecule has 2 unspecified atom stereocenters. The number of rotatable bonds is 6. The first-order valence-corrected chi connectivity index (χ1v) is 7.69. The van der Waals surface area contributed by atoms with Crippen molar-refractivity contribution < 1.29 is 8.63 Å². The molecule has 1 aromatic carbocycles. The number of hydrogen-bond acceptors (Lipinski definition) is 5. The molecule has 2 aromatic rings. The third-order valence-corrected chi connectivity index (χ3v) is 4.06. The molecule has 1 N–H and O–H groups in total. The van der Waals surface area contributed by atoms with E-state index in [2.05, 4.69) is 15.5 Å². The van der Waals surface area contributed by atoms with Crippen LogP contribution >= 0.6 is 0 Å². The van der Waals surface area contributed by atoms with Crippen molar-refractivity contribution in [3.8, 4) is 11.5 Å². The average Bonchev–Trinajstić information content (AvgIpc) is 2.88. The molecular formula is C13H17N3O2S. The lowest BCUT2D eigenvalue weighted by molar-refractivity contribution is 0.478. The lowest BCUT2D eigenvalue weighted by atomic mass is 10.2. The fourth-order valence-corrected chi connectivity index (χ4v) is 1.87. The number of nitrogens with zero attached hydrogens (tertiary/aromatic N) is 2. The molecule has 0 aliphatic carbocycles. The van der Waals surface area contributed by atoms with Crippen molar-refractivity contribution in [2.24, 2.45) is 0 Å². The molecule has 0 spiro atoms. The van der Waals surface area contributed by atoms with Gasteiger partial charge in [-0.3, -0.25) is 4.21 Å². The summed E-state index contributed by atoms with van der Waals surface area (Å²) in [6, 6.07) is 9.64. The van der Waals surface area contributed by atoms with Crippen molar-refractivity contribution in [1.82, 2.24) is 15.5 Å². The Kier molecular flexibility index (Phi) is 4.81. The van der Waals surface area contributed by atoms with Crippen LogP contribution in [0.15, 0.2) is 34.7 Å². The van der Waals surface area contributed by atoms with Crippen molar-refractivity contribution in [1.29, 1.82) is 0 Å². The van der Waals surface area contributed by atoms with Crippen LogP contribution in [0, 0.1) is 0 Å². The van der Waals surface area contributed by atoms with Gasteiger partial charge in [0.05, 0.1) is 6.54 Å². The van der Waals surface area contributed by atoms with E-state index in [1.807, 2.05) is 37.3 Å². The minimum atomic E-state index is -0.822. The van der Waals surface area contributed by atoms with Crippen molar-refractivity contribution in [2.45, 2.75) is 18.7 Å². The van der Waals surface area contributed by atoms with Gasteiger partial charge in [-0.05, 0) is 19.1 Å². The van der Waals surface area contributed by atoms with E-state index in [1.54, 1.807) is 6.26 Å². The first kappa shape index (κ1) is 13.9. The Labute approximate surface area is 114 Å². The molecule has 0 amide bonds. The van der Waals surface area contributed by atoms with Crippen LogP contribution in [0.2, 0.25) is 0 Å². The lowest BCUT2D eigenvalue weighted by Crippen LogP contribution is -2.27. The molecule has 2 atom stereocenters. The Balaban J connectivity index is 1.90. The fourth-order valence-electron chi connectivity index (χ4n) is 1.52. The second kappa shape index (κ2) is 6.58. The van der Waals surface area contributed by atoms with Gasteiger partial charge >= 0.3 is 0 Å². The molecule has 0 saturated heterocycles. The molecule has 0 aliphatic heterocycles. The molecule has 0 aliphatic rings. The van der Waals surface area contributed by atoms with Crippen LogP contribution in [0.5, 0.6) is 0 Å². The summed E-state index contributed by atoms with van der Waals surface area (Å²) in [5.41, 5.74) is 0.907. The largest absolute Gasteiger partial charge is 0.419 e. The van der Waals surface area contributed by atoms with Gasteiger partial charge in [0.1, 0.15) is 0 Å². The molecular weight excluding hydrogens is 262 g/mol. The zero-order chi connectivity index (χ0) is 13.7. The van der Waals surface area contributed by atoms with Gasteiger partial charge in [0, 0.05) is 34.4 Å². The quantitative estimate of drug-likeness (QED) is 0.869. The molecule has 2 rings (SSSR count). The highest BCUT2D eigenvalue weighted by atomic mass is 32.2. The summed E-state index contributed by atoms with van der Waals surface area (Å²) >= 11 is 0. The second-order valence-corrected chi connectivity index (χ2v) is 6.11. The zero-order valence-corrected chi connectivity index (χ0v) is 11.8. The fraction of sp³-hybridized carbons (Fsp3) is 0.385. The van der Waals surface area contributed by atoms with Crippen LogP contribution in [0.4, 0.5) is 0 Å². The minimum Gasteiger partial charge on any atom is -0.419 e. The van der Waals surface area contributed by atoms with Crippen molar-refractivity contribution in [3.05, 3.63) is 36.2 Å². The predicted octanol–water partition coefficient (Wildman–Crippen LogP) is 1.59. The van der Waals surface area contributed by atoms with E-state index in [4.69, 9.17) is 4.42 Å². The summed E-state index contributed by atoms with van der Waals surface area (Å²) in [4.78, 5) is 0. The van der Waals surface area contributed by atoms with Crippen molar-refractivity contribution in [2.75, 3.05) is 12.8 Å². The average molecular weight is 279 g/mol. The van der Waals surface area contributed by atoms with E-state index in [9.17, 15) is 4.21 Å². The monoisotopic (exact) mass is 279 g/mol. The second-order valence-electron chi connectivity index (χ2n) is 4.31. The van der Waals surface area contributed by atoms with Gasteiger partial charge in [-0.1, -0.05) is 18.2 Å². The Bertz CT molecular complexity index is 542. The summed E-state index contributed by atoms with van der Waals surface area (Å²) in [7, 11) is -0.822. The Morgan fingerprint density at radius 1 is 1.32 bits per heavy atom. The van der Waals surface area contributed by atoms with Gasteiger partial charge in [-0.25, -0.2) is 0 Å². The molecule has 1 heterocycles. The van der Waals surface area contributed by atoms with Crippen LogP contribution in [0.3, 0.4) is 0 Å². The normalized spacial score (nSPS) is 14.2. The lowest BCUT2D eigenvalue weighted by Gasteiger charge is -2.07. The summed E-state index contributed by atoms with van der Waals surface area (Å²) < 4.78 is 16.7. The van der Waals surface area contributed by atoms with E-state index < -0.39 is 10.8 Å². The maximum absolute atomic E-state index is 11.2. The highest BCUT2D eigenvalue weighted by Gasteiger charge is 2.09. The van der Waals surface area contributed by atoms with E-state index in [0.29, 0.717) is 24.9 Å². The molecule has 6 heteroatoms. The molecule has 102 valence electrons. The number of hydrogen-bond donors (Lipinski definition) is 1. The third-order valence-electron chi connectivity index (χ3n) is 2.76. The zero-order valence-electron chi connectivity index (χ0n) is 11.0. The first-order chi connectivity index (χ1) is 9.16. The van der Waals surface area contributed by atoms with Crippen LogP contribution in [-0.2, 0) is 17.3 Å². The molecule has 0 radical (unpaired) electrons. The van der Waals surface area contributed by atoms with Crippen LogP contribution < -0.4 is 5.32 Å². The maximum atomic E-state index is 11.2. The van der Waals surface area contributed by atoms with Gasteiger partial charge in [-0.15, -0.1) is 10.2 Å². The standard InChI is InChI=1S/C13H17N3O2S/c1-10(19(2)17)8-14-9-12-15-16-13(18-12)11-6-4-3-5-7-11/h3-7,10,14H,8-9H2,1-2H3. The Morgan fingerprint density at radius 3 is 2.74 bits per heavy atom. The van der Waals surface area contributed by atoms with Gasteiger partial charge in [0.2, 0.25) is 11.8 Å². The first-order valence-electron chi connectivity index (χ1n) is 6.07. The molecule has 5 nitrogen and oxygen atoms in total. The van der Waals surface area contributed by atoms with Crippen LogP contribution in [-0.4, -0.2) is 32.5 Å². The van der Waals surface area contributed by atoms with Gasteiger partial charge in [0.25, 0.3) is 0 Å². The van der Waals surface area contributed by atoms with Gasteiger partial charge in [0.15, 0.2) is 0 Å². The predicted molar refractivity (Wildman–Crippen MR) is 75.0 cm³/mol.